The van der Waals surface area contributed by atoms with Crippen molar-refractivity contribution in [2.75, 3.05) is 6.54 Å². The van der Waals surface area contributed by atoms with E-state index in [9.17, 15) is 25.4 Å². The fraction of sp³-hybridized carbons (Fsp3) is 0.500. The Balaban J connectivity index is 2.20. The number of hydrazine groups is 1. The van der Waals surface area contributed by atoms with Gasteiger partial charge in [-0.1, -0.05) is 0 Å². The van der Waals surface area contributed by atoms with Crippen LogP contribution in [0.15, 0.2) is 23.5 Å². The molecule has 23 heavy (non-hydrogen) atoms. The van der Waals surface area contributed by atoms with Gasteiger partial charge in [-0.05, 0) is 32.3 Å². The highest BCUT2D eigenvalue weighted by Gasteiger charge is 2.26. The van der Waals surface area contributed by atoms with E-state index in [1.165, 1.54) is 5.01 Å². The number of non-ortho nitro benzene ring substituents is 1. The van der Waals surface area contributed by atoms with E-state index in [0.29, 0.717) is 6.54 Å². The van der Waals surface area contributed by atoms with Gasteiger partial charge in [-0.2, -0.15) is 0 Å². The first-order chi connectivity index (χ1) is 10.9. The summed E-state index contributed by atoms with van der Waals surface area (Å²) in [6.45, 7) is 2.38. The third-order valence-electron chi connectivity index (χ3n) is 3.55. The molecule has 1 aliphatic heterocycles. The highest BCUT2D eigenvalue weighted by molar-refractivity contribution is 5.53. The molecule has 1 heterocycles. The van der Waals surface area contributed by atoms with Gasteiger partial charge in [0.2, 0.25) is 11.0 Å². The molecular formula is C12H15N5O6. The highest BCUT2D eigenvalue weighted by Crippen LogP contribution is 2.31. The van der Waals surface area contributed by atoms with Gasteiger partial charge >= 0.3 is 5.69 Å². The third-order valence-corrected chi connectivity index (χ3v) is 3.55. The SMILES string of the molecule is CC1CCCCN1/[N+]([O-])=N/Oc1ccc([N+](=O)[O-])cc1[N+](=O)[O-]. The Labute approximate surface area is 130 Å². The maximum atomic E-state index is 11.9. The number of nitro groups is 2. The first kappa shape index (κ1) is 16.4. The lowest BCUT2D eigenvalue weighted by atomic mass is 10.1. The first-order valence-corrected chi connectivity index (χ1v) is 6.94. The lowest BCUT2D eigenvalue weighted by molar-refractivity contribution is -0.716. The zero-order chi connectivity index (χ0) is 17.0. The summed E-state index contributed by atoms with van der Waals surface area (Å²) in [5.41, 5.74) is -1.09. The average molecular weight is 325 g/mol. The topological polar surface area (TPSA) is 137 Å². The van der Waals surface area contributed by atoms with Gasteiger partial charge < -0.3 is 5.21 Å². The molecule has 0 N–H and O–H groups in total. The Morgan fingerprint density at radius 2 is 1.96 bits per heavy atom. The van der Waals surface area contributed by atoms with Gasteiger partial charge in [-0.15, -0.1) is 5.01 Å². The molecule has 0 aromatic heterocycles. The van der Waals surface area contributed by atoms with Gasteiger partial charge in [-0.3, -0.25) is 25.1 Å². The van der Waals surface area contributed by atoms with Gasteiger partial charge in [0.05, 0.1) is 33.5 Å². The van der Waals surface area contributed by atoms with Crippen LogP contribution in [-0.2, 0) is 0 Å². The number of hydrogen-bond acceptors (Lipinski definition) is 7. The summed E-state index contributed by atoms with van der Waals surface area (Å²) >= 11 is 0. The number of piperidine rings is 1. The number of nitro benzene ring substituents is 2. The molecule has 0 aliphatic carbocycles. The lowest BCUT2D eigenvalue weighted by Crippen LogP contribution is -2.42. The van der Waals surface area contributed by atoms with Crippen LogP contribution in [0.5, 0.6) is 5.75 Å². The molecule has 1 fully saturated rings. The number of nitrogens with zero attached hydrogens (tertiary/aromatic N) is 5. The van der Waals surface area contributed by atoms with Crippen molar-refractivity contribution in [1.29, 1.82) is 0 Å². The summed E-state index contributed by atoms with van der Waals surface area (Å²) in [5, 5.41) is 38.3. The molecule has 1 atom stereocenters. The lowest BCUT2D eigenvalue weighted by Gasteiger charge is -2.28. The van der Waals surface area contributed by atoms with Crippen molar-refractivity contribution in [3.05, 3.63) is 43.6 Å². The Kier molecular flexibility index (Phi) is 4.88. The van der Waals surface area contributed by atoms with Crippen molar-refractivity contribution in [1.82, 2.24) is 5.01 Å². The molecule has 0 spiro atoms. The second-order valence-electron chi connectivity index (χ2n) is 5.10. The number of hydrogen-bond donors (Lipinski definition) is 0. The molecule has 11 heteroatoms. The van der Waals surface area contributed by atoms with E-state index in [-0.39, 0.29) is 16.8 Å². The molecule has 1 saturated heterocycles. The van der Waals surface area contributed by atoms with Crippen LogP contribution in [0.2, 0.25) is 0 Å². The molecule has 1 aromatic carbocycles. The standard InChI is InChI=1S/C12H15N5O6/c1-9-4-2-3-7-14(9)17(22)13-23-12-6-5-10(15(18)19)8-11(12)16(20)21/h5-6,8-9H,2-4,7H2,1H3/b17-13-. The van der Waals surface area contributed by atoms with Gasteiger partial charge in [0, 0.05) is 6.07 Å². The minimum Gasteiger partial charge on any atom is -0.569 e. The minimum absolute atomic E-state index is 0.0135. The summed E-state index contributed by atoms with van der Waals surface area (Å²) in [7, 11) is 0. The average Bonchev–Trinajstić information content (AvgIpc) is 2.52. The van der Waals surface area contributed by atoms with Crippen LogP contribution in [0.3, 0.4) is 0 Å². The second-order valence-corrected chi connectivity index (χ2v) is 5.10. The van der Waals surface area contributed by atoms with Crippen LogP contribution in [0.4, 0.5) is 11.4 Å². The zero-order valence-corrected chi connectivity index (χ0v) is 12.3. The highest BCUT2D eigenvalue weighted by atomic mass is 16.7. The van der Waals surface area contributed by atoms with Crippen molar-refractivity contribution in [3.8, 4) is 5.75 Å². The molecule has 0 bridgehead atoms. The Bertz CT molecular complexity index is 649. The molecule has 0 amide bonds. The predicted octanol–water partition coefficient (Wildman–Crippen LogP) is 2.55. The van der Waals surface area contributed by atoms with E-state index >= 15 is 0 Å². The van der Waals surface area contributed by atoms with E-state index in [1.807, 2.05) is 6.92 Å². The molecule has 0 radical (unpaired) electrons. The smallest absolute Gasteiger partial charge is 0.321 e. The van der Waals surface area contributed by atoms with Crippen molar-refractivity contribution in [3.63, 3.8) is 0 Å². The molecular weight excluding hydrogens is 310 g/mol. The number of rotatable bonds is 5. The normalized spacial score (nSPS) is 18.6. The Morgan fingerprint density at radius 1 is 1.22 bits per heavy atom. The minimum atomic E-state index is -0.837. The van der Waals surface area contributed by atoms with Gasteiger partial charge in [0.15, 0.2) is 0 Å². The summed E-state index contributed by atoms with van der Waals surface area (Å²) < 4.78 is 0. The summed E-state index contributed by atoms with van der Waals surface area (Å²) in [5.74, 6) is -0.342. The van der Waals surface area contributed by atoms with Crippen molar-refractivity contribution >= 4 is 11.4 Å². The van der Waals surface area contributed by atoms with Crippen LogP contribution >= 0.6 is 0 Å². The van der Waals surface area contributed by atoms with Crippen LogP contribution in [0, 0.1) is 25.4 Å². The maximum absolute atomic E-state index is 11.9. The molecule has 2 rings (SSSR count). The largest absolute Gasteiger partial charge is 0.569 e. The Hall–Kier alpha value is -2.98. The van der Waals surface area contributed by atoms with Gasteiger partial charge in [0.25, 0.3) is 5.69 Å². The van der Waals surface area contributed by atoms with E-state index in [4.69, 9.17) is 4.84 Å². The van der Waals surface area contributed by atoms with E-state index in [0.717, 1.165) is 37.5 Å². The fourth-order valence-corrected chi connectivity index (χ4v) is 2.30. The van der Waals surface area contributed by atoms with Crippen LogP contribution in [-0.4, -0.2) is 32.4 Å². The van der Waals surface area contributed by atoms with Gasteiger partial charge in [-0.25, -0.2) is 0 Å². The maximum Gasteiger partial charge on any atom is 0.321 e. The quantitative estimate of drug-likeness (QED) is 0.351. The van der Waals surface area contributed by atoms with Crippen LogP contribution in [0.1, 0.15) is 26.2 Å². The van der Waals surface area contributed by atoms with E-state index < -0.39 is 21.2 Å². The summed E-state index contributed by atoms with van der Waals surface area (Å²) in [6.07, 6.45) is 2.70. The monoisotopic (exact) mass is 325 g/mol. The second kappa shape index (κ2) is 6.85. The van der Waals surface area contributed by atoms with Crippen molar-refractivity contribution in [2.24, 2.45) is 5.28 Å². The van der Waals surface area contributed by atoms with E-state index in [1.54, 1.807) is 0 Å². The van der Waals surface area contributed by atoms with Crippen LogP contribution < -0.4 is 4.84 Å². The van der Waals surface area contributed by atoms with Crippen molar-refractivity contribution in [2.45, 2.75) is 32.2 Å². The van der Waals surface area contributed by atoms with Crippen LogP contribution in [0.25, 0.3) is 0 Å². The van der Waals surface area contributed by atoms with Gasteiger partial charge in [0.1, 0.15) is 0 Å². The fourth-order valence-electron chi connectivity index (χ4n) is 2.30. The molecule has 1 unspecified atom stereocenters. The van der Waals surface area contributed by atoms with E-state index in [2.05, 4.69) is 5.28 Å². The third kappa shape index (κ3) is 3.81. The number of benzene rings is 1. The molecule has 1 aliphatic rings. The zero-order valence-electron chi connectivity index (χ0n) is 12.3. The molecule has 0 saturated carbocycles. The van der Waals surface area contributed by atoms with Crippen molar-refractivity contribution < 1.29 is 19.7 Å². The first-order valence-electron chi connectivity index (χ1n) is 6.94. The molecule has 11 nitrogen and oxygen atoms in total. The summed E-state index contributed by atoms with van der Waals surface area (Å²) in [6, 6.07) is 2.81. The predicted molar refractivity (Wildman–Crippen MR) is 76.5 cm³/mol. The Morgan fingerprint density at radius 3 is 2.57 bits per heavy atom. The molecule has 124 valence electrons. The molecule has 1 aromatic rings. The summed E-state index contributed by atoms with van der Waals surface area (Å²) in [4.78, 5) is 25.1.